The molecule has 0 aliphatic carbocycles. The predicted octanol–water partition coefficient (Wildman–Crippen LogP) is 6.56. The van der Waals surface area contributed by atoms with E-state index in [1.165, 1.54) is 0 Å². The van der Waals surface area contributed by atoms with Gasteiger partial charge >= 0.3 is 0 Å². The van der Waals surface area contributed by atoms with E-state index in [9.17, 15) is 53.6 Å². The molecule has 0 aliphatic rings. The minimum atomic E-state index is -1.04. The van der Waals surface area contributed by atoms with Gasteiger partial charge in [0.15, 0.2) is 5.82 Å². The molecule has 0 atom stereocenters. The number of anilines is 2. The van der Waals surface area contributed by atoms with E-state index in [1.54, 1.807) is 0 Å². The van der Waals surface area contributed by atoms with E-state index in [0.29, 0.717) is 12.1 Å². The summed E-state index contributed by atoms with van der Waals surface area (Å²) < 4.78 is 37.9. The van der Waals surface area contributed by atoms with Crippen LogP contribution in [0.3, 0.4) is 0 Å². The highest BCUT2D eigenvalue weighted by Gasteiger charge is 2.22. The standard InChI is InChI=1S/C6H2BrFN2O4.2C6H4BrFN2O2/c7-6-4(8)1-3(9(11)12)2-5(6)10(13)14;7-6-4(8)1-3(10(11)12)2-5(6)9;7-6-4(8)1-3(9)2-5(6)10(11)12/h1-2H;2*1-2H,9H2. The molecule has 3 aromatic carbocycles. The Kier molecular flexibility index (Phi) is 11.5. The molecule has 0 fully saturated rings. The van der Waals surface area contributed by atoms with Crippen molar-refractivity contribution >= 4 is 81.9 Å². The first-order valence-corrected chi connectivity index (χ1v) is 11.4. The van der Waals surface area contributed by atoms with Gasteiger partial charge in [0.1, 0.15) is 20.6 Å². The van der Waals surface area contributed by atoms with Crippen molar-refractivity contribution < 1.29 is 32.9 Å². The molecule has 0 spiro atoms. The van der Waals surface area contributed by atoms with Crippen molar-refractivity contribution in [2.45, 2.75) is 0 Å². The first kappa shape index (κ1) is 32.1. The Hall–Kier alpha value is -3.91. The zero-order valence-electron chi connectivity index (χ0n) is 17.9. The highest BCUT2D eigenvalue weighted by molar-refractivity contribution is 9.11. The van der Waals surface area contributed by atoms with E-state index < -0.39 is 53.0 Å². The largest absolute Gasteiger partial charge is 0.398 e. The molecule has 0 unspecified atom stereocenters. The number of nitrogens with zero attached hydrogens (tertiary/aromatic N) is 4. The molecule has 0 aliphatic heterocycles. The summed E-state index contributed by atoms with van der Waals surface area (Å²) in [6.07, 6.45) is 0. The minimum Gasteiger partial charge on any atom is -0.398 e. The second kappa shape index (κ2) is 13.6. The molecule has 14 nitrogen and oxygen atoms in total. The number of nitro benzene ring substituents is 4. The van der Waals surface area contributed by atoms with Gasteiger partial charge in [0.25, 0.3) is 22.7 Å². The quantitative estimate of drug-likeness (QED) is 0.167. The van der Waals surface area contributed by atoms with E-state index in [0.717, 1.165) is 24.3 Å². The highest BCUT2D eigenvalue weighted by atomic mass is 79.9. The van der Waals surface area contributed by atoms with Crippen LogP contribution in [0.2, 0.25) is 0 Å². The van der Waals surface area contributed by atoms with Crippen LogP contribution in [0.4, 0.5) is 47.3 Å². The molecule has 3 rings (SSSR count). The van der Waals surface area contributed by atoms with Gasteiger partial charge in [-0.3, -0.25) is 40.5 Å². The van der Waals surface area contributed by atoms with Gasteiger partial charge in [-0.1, -0.05) is 0 Å². The van der Waals surface area contributed by atoms with Crippen LogP contribution in [-0.4, -0.2) is 19.7 Å². The Balaban J connectivity index is 0.000000286. The van der Waals surface area contributed by atoms with Crippen molar-refractivity contribution in [3.8, 4) is 0 Å². The van der Waals surface area contributed by atoms with Crippen LogP contribution in [-0.2, 0) is 0 Å². The van der Waals surface area contributed by atoms with Crippen molar-refractivity contribution in [1.29, 1.82) is 0 Å². The number of nitro groups is 4. The molecule has 20 heteroatoms. The summed E-state index contributed by atoms with van der Waals surface area (Å²) in [7, 11) is 0. The van der Waals surface area contributed by atoms with Gasteiger partial charge in [-0.2, -0.15) is 0 Å². The number of rotatable bonds is 4. The molecule has 0 heterocycles. The molecule has 3 aromatic rings. The number of benzene rings is 3. The summed E-state index contributed by atoms with van der Waals surface area (Å²) in [6.45, 7) is 0. The third kappa shape index (κ3) is 8.59. The van der Waals surface area contributed by atoms with Crippen molar-refractivity contribution in [2.75, 3.05) is 11.5 Å². The van der Waals surface area contributed by atoms with E-state index in [-0.39, 0.29) is 31.7 Å². The fourth-order valence-electron chi connectivity index (χ4n) is 2.23. The summed E-state index contributed by atoms with van der Waals surface area (Å²) >= 11 is 8.21. The number of nitrogen functional groups attached to an aromatic ring is 2. The van der Waals surface area contributed by atoms with Gasteiger partial charge in [-0.15, -0.1) is 0 Å². The molecule has 0 radical (unpaired) electrons. The van der Waals surface area contributed by atoms with Crippen LogP contribution in [0.25, 0.3) is 0 Å². The van der Waals surface area contributed by atoms with Crippen LogP contribution in [0.1, 0.15) is 0 Å². The van der Waals surface area contributed by atoms with Crippen molar-refractivity contribution in [3.05, 3.63) is 108 Å². The van der Waals surface area contributed by atoms with Gasteiger partial charge in [0.05, 0.1) is 48.1 Å². The second-order valence-corrected chi connectivity index (χ2v) is 8.83. The summed E-state index contributed by atoms with van der Waals surface area (Å²) in [4.78, 5) is 37.8. The summed E-state index contributed by atoms with van der Waals surface area (Å²) in [5.41, 5.74) is 8.47. The van der Waals surface area contributed by atoms with Gasteiger partial charge in [0, 0.05) is 17.8 Å². The van der Waals surface area contributed by atoms with Crippen LogP contribution < -0.4 is 11.5 Å². The Morgan fingerprint density at radius 1 is 0.553 bits per heavy atom. The number of hydrogen-bond acceptors (Lipinski definition) is 10. The fourth-order valence-corrected chi connectivity index (χ4v) is 3.20. The van der Waals surface area contributed by atoms with Gasteiger partial charge in [-0.05, 0) is 53.9 Å². The maximum atomic E-state index is 12.9. The predicted molar refractivity (Wildman–Crippen MR) is 138 cm³/mol. The smallest absolute Gasteiger partial charge is 0.293 e. The third-order valence-corrected chi connectivity index (χ3v) is 6.29. The second-order valence-electron chi connectivity index (χ2n) is 6.46. The summed E-state index contributed by atoms with van der Waals surface area (Å²) in [6, 6.07) is 5.29. The molecule has 0 amide bonds. The third-order valence-electron chi connectivity index (χ3n) is 3.88. The Morgan fingerprint density at radius 3 is 1.32 bits per heavy atom. The first-order chi connectivity index (χ1) is 17.5. The van der Waals surface area contributed by atoms with Crippen LogP contribution in [0.5, 0.6) is 0 Å². The lowest BCUT2D eigenvalue weighted by atomic mass is 10.3. The van der Waals surface area contributed by atoms with Crippen LogP contribution >= 0.6 is 47.8 Å². The van der Waals surface area contributed by atoms with E-state index in [4.69, 9.17) is 11.5 Å². The van der Waals surface area contributed by atoms with Crippen LogP contribution in [0.15, 0.2) is 49.8 Å². The average Bonchev–Trinajstić information content (AvgIpc) is 2.81. The normalized spacial score (nSPS) is 9.84. The monoisotopic (exact) mass is 732 g/mol. The lowest BCUT2D eigenvalue weighted by molar-refractivity contribution is -0.395. The number of nitrogens with two attached hydrogens (primary N) is 2. The highest BCUT2D eigenvalue weighted by Crippen LogP contribution is 2.32. The van der Waals surface area contributed by atoms with Crippen molar-refractivity contribution in [1.82, 2.24) is 0 Å². The SMILES string of the molecule is Nc1cc(F)c(Br)c([N+](=O)[O-])c1.Nc1cc([N+](=O)[O-])cc(F)c1Br.O=[N+]([O-])c1cc(F)c(Br)c([N+](=O)[O-])c1. The minimum absolute atomic E-state index is 0.0155. The van der Waals surface area contributed by atoms with Gasteiger partial charge < -0.3 is 11.5 Å². The van der Waals surface area contributed by atoms with Crippen LogP contribution in [0, 0.1) is 57.9 Å². The average molecular weight is 735 g/mol. The van der Waals surface area contributed by atoms with Gasteiger partial charge in [0.2, 0.25) is 0 Å². The molecule has 0 aromatic heterocycles. The summed E-state index contributed by atoms with van der Waals surface area (Å²) in [5.74, 6) is -2.51. The Morgan fingerprint density at radius 2 is 0.921 bits per heavy atom. The maximum absolute atomic E-state index is 12.9. The maximum Gasteiger partial charge on any atom is 0.293 e. The molecular weight excluding hydrogens is 725 g/mol. The number of halogens is 6. The lowest BCUT2D eigenvalue weighted by Crippen LogP contribution is -1.95. The Labute approximate surface area is 233 Å². The lowest BCUT2D eigenvalue weighted by Gasteiger charge is -1.98. The van der Waals surface area contributed by atoms with Crippen molar-refractivity contribution in [2.24, 2.45) is 0 Å². The first-order valence-electron chi connectivity index (χ1n) is 9.03. The van der Waals surface area contributed by atoms with E-state index in [1.807, 2.05) is 0 Å². The van der Waals surface area contributed by atoms with E-state index in [2.05, 4.69) is 47.8 Å². The number of non-ortho nitro benzene ring substituents is 2. The van der Waals surface area contributed by atoms with Crippen molar-refractivity contribution in [3.63, 3.8) is 0 Å². The zero-order chi connectivity index (χ0) is 29.5. The molecule has 202 valence electrons. The molecule has 0 saturated carbocycles. The fraction of sp³-hybridized carbons (Fsp3) is 0. The molecule has 0 saturated heterocycles. The zero-order valence-corrected chi connectivity index (χ0v) is 22.7. The molecule has 4 N–H and O–H groups in total. The van der Waals surface area contributed by atoms with E-state index >= 15 is 0 Å². The topological polar surface area (TPSA) is 225 Å². The Bertz CT molecular complexity index is 1420. The molecule has 0 bridgehead atoms. The summed E-state index contributed by atoms with van der Waals surface area (Å²) in [5, 5.41) is 41.0. The molecule has 38 heavy (non-hydrogen) atoms. The van der Waals surface area contributed by atoms with Gasteiger partial charge in [-0.25, -0.2) is 13.2 Å². The molecular formula is C18H10Br3F3N6O8. The number of hydrogen-bond donors (Lipinski definition) is 2.